The average molecular weight is 413 g/mol. The minimum Gasteiger partial charge on any atom is -0.466 e. The van der Waals surface area contributed by atoms with Crippen LogP contribution in [-0.4, -0.2) is 51.6 Å². The fraction of sp³-hybridized carbons (Fsp3) is 0.474. The molecule has 0 aromatic heterocycles. The molecule has 0 aliphatic rings. The molecule has 0 fully saturated rings. The van der Waals surface area contributed by atoms with Gasteiger partial charge in [-0.25, -0.2) is 9.59 Å². The number of esters is 1. The van der Waals surface area contributed by atoms with Crippen LogP contribution in [0.5, 0.6) is 0 Å². The number of benzene rings is 1. The Bertz CT molecular complexity index is 782. The Hall–Kier alpha value is -2.39. The highest BCUT2D eigenvalue weighted by Gasteiger charge is 2.28. The van der Waals surface area contributed by atoms with Gasteiger partial charge in [-0.05, 0) is 38.8 Å². The second-order valence-corrected chi connectivity index (χ2v) is 8.69. The Morgan fingerprint density at radius 2 is 1.79 bits per heavy atom. The van der Waals surface area contributed by atoms with Crippen molar-refractivity contribution in [3.8, 4) is 0 Å². The number of hydrogen-bond donors (Lipinski definition) is 1. The zero-order valence-corrected chi connectivity index (χ0v) is 17.5. The Morgan fingerprint density at radius 1 is 1.18 bits per heavy atom. The van der Waals surface area contributed by atoms with Crippen LogP contribution in [0.4, 0.5) is 4.79 Å². The summed E-state index contributed by atoms with van der Waals surface area (Å²) in [5.41, 5.74) is 0.0910. The monoisotopic (exact) mass is 413 g/mol. The summed E-state index contributed by atoms with van der Waals surface area (Å²) in [4.78, 5) is 23.7. The standard InChI is InChI=1S/C19H27NO7S/c1-19(2,3)26-18(22)20-15(13-14-9-7-6-8-10-14)16(27-28(5,23)24)11-12-17(21)25-4/h6-12,15-16H,13H2,1-5H3,(H,20,22)/t15-,16-/m0/s1. The van der Waals surface area contributed by atoms with Gasteiger partial charge in [0, 0.05) is 6.08 Å². The van der Waals surface area contributed by atoms with Crippen LogP contribution in [0.25, 0.3) is 0 Å². The van der Waals surface area contributed by atoms with Crippen molar-refractivity contribution < 1.29 is 31.7 Å². The minimum absolute atomic E-state index is 0.242. The first-order valence-electron chi connectivity index (χ1n) is 8.57. The second-order valence-electron chi connectivity index (χ2n) is 7.09. The Labute approximate surface area is 166 Å². The molecular formula is C19H27NO7S. The molecular weight excluding hydrogens is 386 g/mol. The van der Waals surface area contributed by atoms with E-state index in [1.54, 1.807) is 20.8 Å². The third kappa shape index (κ3) is 10.1. The molecule has 0 heterocycles. The number of carbonyl (C=O) groups is 2. The number of hydrogen-bond acceptors (Lipinski definition) is 7. The lowest BCUT2D eigenvalue weighted by molar-refractivity contribution is -0.134. The van der Waals surface area contributed by atoms with Gasteiger partial charge >= 0.3 is 12.1 Å². The summed E-state index contributed by atoms with van der Waals surface area (Å²) in [5, 5.41) is 2.63. The van der Waals surface area contributed by atoms with Gasteiger partial charge in [-0.1, -0.05) is 30.3 Å². The van der Waals surface area contributed by atoms with Crippen molar-refractivity contribution in [3.63, 3.8) is 0 Å². The van der Waals surface area contributed by atoms with Crippen LogP contribution in [0.1, 0.15) is 26.3 Å². The van der Waals surface area contributed by atoms with Gasteiger partial charge in [-0.15, -0.1) is 0 Å². The molecule has 0 saturated heterocycles. The highest BCUT2D eigenvalue weighted by molar-refractivity contribution is 7.86. The number of amides is 1. The lowest BCUT2D eigenvalue weighted by Gasteiger charge is -2.27. The molecule has 9 heteroatoms. The molecule has 28 heavy (non-hydrogen) atoms. The van der Waals surface area contributed by atoms with Crippen molar-refractivity contribution in [3.05, 3.63) is 48.0 Å². The van der Waals surface area contributed by atoms with E-state index in [0.717, 1.165) is 17.9 Å². The first kappa shape index (κ1) is 23.6. The number of methoxy groups -OCH3 is 1. The molecule has 1 N–H and O–H groups in total. The average Bonchev–Trinajstić information content (AvgIpc) is 2.56. The van der Waals surface area contributed by atoms with E-state index in [1.807, 2.05) is 30.3 Å². The molecule has 156 valence electrons. The lowest BCUT2D eigenvalue weighted by atomic mass is 10.0. The number of rotatable bonds is 8. The quantitative estimate of drug-likeness (QED) is 0.395. The van der Waals surface area contributed by atoms with Crippen molar-refractivity contribution in [1.29, 1.82) is 0 Å². The smallest absolute Gasteiger partial charge is 0.407 e. The molecule has 1 aromatic rings. The van der Waals surface area contributed by atoms with Crippen molar-refractivity contribution in [2.75, 3.05) is 13.4 Å². The van der Waals surface area contributed by atoms with Crippen molar-refractivity contribution in [2.24, 2.45) is 0 Å². The van der Waals surface area contributed by atoms with Crippen LogP contribution in [0.3, 0.4) is 0 Å². The Balaban J connectivity index is 3.17. The summed E-state index contributed by atoms with van der Waals surface area (Å²) in [7, 11) is -2.69. The zero-order chi connectivity index (χ0) is 21.4. The van der Waals surface area contributed by atoms with E-state index < -0.39 is 39.9 Å². The Kier molecular flexibility index (Phi) is 8.64. The summed E-state index contributed by atoms with van der Waals surface area (Å²) in [6, 6.07) is 8.29. The minimum atomic E-state index is -3.88. The van der Waals surface area contributed by atoms with Crippen LogP contribution in [0.2, 0.25) is 0 Å². The van der Waals surface area contributed by atoms with Crippen molar-refractivity contribution in [1.82, 2.24) is 5.32 Å². The van der Waals surface area contributed by atoms with Crippen molar-refractivity contribution in [2.45, 2.75) is 44.9 Å². The van der Waals surface area contributed by atoms with Gasteiger partial charge in [0.1, 0.15) is 11.7 Å². The highest BCUT2D eigenvalue weighted by Crippen LogP contribution is 2.14. The summed E-state index contributed by atoms with van der Waals surface area (Å²) >= 11 is 0. The van der Waals surface area contributed by atoms with E-state index in [2.05, 4.69) is 10.1 Å². The van der Waals surface area contributed by atoms with Gasteiger partial charge in [-0.3, -0.25) is 4.18 Å². The number of ether oxygens (including phenoxy) is 2. The summed E-state index contributed by atoms with van der Waals surface area (Å²) in [6.45, 7) is 5.13. The van der Waals surface area contributed by atoms with E-state index >= 15 is 0 Å². The van der Waals surface area contributed by atoms with E-state index in [-0.39, 0.29) is 6.42 Å². The normalized spacial score (nSPS) is 14.3. The maximum absolute atomic E-state index is 12.3. The predicted molar refractivity (Wildman–Crippen MR) is 104 cm³/mol. The van der Waals surface area contributed by atoms with Crippen LogP contribution in [0, 0.1) is 0 Å². The van der Waals surface area contributed by atoms with Gasteiger partial charge < -0.3 is 14.8 Å². The first-order valence-corrected chi connectivity index (χ1v) is 10.4. The van der Waals surface area contributed by atoms with E-state index in [0.29, 0.717) is 0 Å². The zero-order valence-electron chi connectivity index (χ0n) is 16.7. The van der Waals surface area contributed by atoms with E-state index in [4.69, 9.17) is 8.92 Å². The fourth-order valence-electron chi connectivity index (χ4n) is 2.25. The predicted octanol–water partition coefficient (Wildman–Crippen LogP) is 2.20. The molecule has 2 atom stereocenters. The lowest BCUT2D eigenvalue weighted by Crippen LogP contribution is -2.47. The largest absolute Gasteiger partial charge is 0.466 e. The number of nitrogens with one attached hydrogen (secondary N) is 1. The summed E-state index contributed by atoms with van der Waals surface area (Å²) in [6.07, 6.45) is 1.52. The third-order valence-electron chi connectivity index (χ3n) is 3.31. The molecule has 1 rings (SSSR count). The highest BCUT2D eigenvalue weighted by atomic mass is 32.2. The van der Waals surface area contributed by atoms with Gasteiger partial charge in [-0.2, -0.15) is 8.42 Å². The second kappa shape index (κ2) is 10.2. The number of carbonyl (C=O) groups excluding carboxylic acids is 2. The van der Waals surface area contributed by atoms with Gasteiger partial charge in [0.05, 0.1) is 19.4 Å². The number of alkyl carbamates (subject to hydrolysis) is 1. The molecule has 0 radical (unpaired) electrons. The van der Waals surface area contributed by atoms with Crippen LogP contribution >= 0.6 is 0 Å². The molecule has 8 nitrogen and oxygen atoms in total. The van der Waals surface area contributed by atoms with Gasteiger partial charge in [0.2, 0.25) is 0 Å². The van der Waals surface area contributed by atoms with E-state index in [9.17, 15) is 18.0 Å². The molecule has 0 bridgehead atoms. The molecule has 0 spiro atoms. The summed E-state index contributed by atoms with van der Waals surface area (Å²) < 4.78 is 38.3. The molecule has 0 unspecified atom stereocenters. The third-order valence-corrected chi connectivity index (χ3v) is 3.88. The van der Waals surface area contributed by atoms with Crippen LogP contribution in [0.15, 0.2) is 42.5 Å². The first-order chi connectivity index (χ1) is 12.9. The van der Waals surface area contributed by atoms with Crippen LogP contribution in [-0.2, 0) is 35.0 Å². The molecule has 1 amide bonds. The van der Waals surface area contributed by atoms with Crippen molar-refractivity contribution >= 4 is 22.2 Å². The summed E-state index contributed by atoms with van der Waals surface area (Å²) in [5.74, 6) is -0.683. The molecule has 0 saturated carbocycles. The molecule has 0 aliphatic heterocycles. The molecule has 0 aliphatic carbocycles. The van der Waals surface area contributed by atoms with Gasteiger partial charge in [0.25, 0.3) is 10.1 Å². The maximum atomic E-state index is 12.3. The van der Waals surface area contributed by atoms with Crippen LogP contribution < -0.4 is 5.32 Å². The topological polar surface area (TPSA) is 108 Å². The SMILES string of the molecule is COC(=O)C=C[C@H](OS(C)(=O)=O)[C@H](Cc1ccccc1)NC(=O)OC(C)(C)C. The molecule has 1 aromatic carbocycles. The van der Waals surface area contributed by atoms with E-state index in [1.165, 1.54) is 13.2 Å². The maximum Gasteiger partial charge on any atom is 0.407 e. The van der Waals surface area contributed by atoms with Gasteiger partial charge in [0.15, 0.2) is 0 Å². The fourth-order valence-corrected chi connectivity index (χ4v) is 2.85. The Morgan fingerprint density at radius 3 is 2.29 bits per heavy atom.